The van der Waals surface area contributed by atoms with Gasteiger partial charge in [0, 0.05) is 23.8 Å². The lowest BCUT2D eigenvalue weighted by Crippen LogP contribution is -2.60. The van der Waals surface area contributed by atoms with E-state index < -0.39 is 74.3 Å². The Bertz CT molecular complexity index is 1910. The molecule has 2 aliphatic heterocycles. The van der Waals surface area contributed by atoms with Crippen LogP contribution in [0.4, 0.5) is 4.79 Å². The zero-order chi connectivity index (χ0) is 38.3. The number of allylic oxidation sites excluding steroid dienone is 1. The van der Waals surface area contributed by atoms with Crippen molar-refractivity contribution < 1.29 is 51.6 Å². The molecule has 0 unspecified atom stereocenters. The minimum absolute atomic E-state index is 0.0590. The number of nitrogens with zero attached hydrogens (tertiary/aromatic N) is 2. The number of sulfonamides is 1. The number of carbonyl (C=O) groups excluding carboxylic acids is 3. The number of benzene rings is 1. The fourth-order valence-corrected chi connectivity index (χ4v) is 8.41. The lowest BCUT2D eigenvalue weighted by Gasteiger charge is -2.33. The maximum Gasteiger partial charge on any atom is 0.405 e. The molecular weight excluding hydrogens is 710 g/mol. The number of amides is 4. The van der Waals surface area contributed by atoms with E-state index in [1.165, 1.54) is 12.0 Å². The van der Waals surface area contributed by atoms with Gasteiger partial charge in [0.05, 0.1) is 37.7 Å². The van der Waals surface area contributed by atoms with Crippen LogP contribution in [0.3, 0.4) is 0 Å². The molecule has 2 aromatic rings. The number of methoxy groups -OCH3 is 2. The van der Waals surface area contributed by atoms with Gasteiger partial charge in [-0.05, 0) is 76.0 Å². The molecule has 3 fully saturated rings. The lowest BCUT2D eigenvalue weighted by atomic mass is 10.0. The van der Waals surface area contributed by atoms with Crippen LogP contribution in [0.25, 0.3) is 10.8 Å². The molecule has 4 N–H and O–H groups in total. The van der Waals surface area contributed by atoms with Crippen LogP contribution in [0.15, 0.2) is 36.4 Å². The molecule has 4 aliphatic rings. The first-order valence-corrected chi connectivity index (χ1v) is 19.3. The van der Waals surface area contributed by atoms with Crippen LogP contribution in [0.2, 0.25) is 0 Å². The molecule has 17 heteroatoms. The number of ether oxygens (including phenoxy) is 4. The van der Waals surface area contributed by atoms with E-state index in [1.54, 1.807) is 51.3 Å². The van der Waals surface area contributed by atoms with Crippen molar-refractivity contribution in [1.29, 1.82) is 0 Å². The number of fused-ring (bicyclic) bond motifs is 3. The van der Waals surface area contributed by atoms with Gasteiger partial charge < -0.3 is 39.6 Å². The molecule has 6 rings (SSSR count). The second-order valence-corrected chi connectivity index (χ2v) is 16.7. The number of nitrogens with one attached hydrogen (secondary N) is 3. The number of hydrogen-bond acceptors (Lipinski definition) is 11. The number of carbonyl (C=O) groups is 4. The summed E-state index contributed by atoms with van der Waals surface area (Å²) in [6.07, 6.45) is 2.35. The first-order chi connectivity index (χ1) is 25.1. The zero-order valence-electron chi connectivity index (χ0n) is 30.4. The van der Waals surface area contributed by atoms with Crippen molar-refractivity contribution in [2.45, 2.75) is 106 Å². The van der Waals surface area contributed by atoms with Crippen molar-refractivity contribution in [3.63, 3.8) is 0 Å². The predicted octanol–water partition coefficient (Wildman–Crippen LogP) is 2.64. The molecule has 1 saturated heterocycles. The molecule has 16 nitrogen and oxygen atoms in total. The van der Waals surface area contributed by atoms with Gasteiger partial charge in [0.1, 0.15) is 29.5 Å². The van der Waals surface area contributed by atoms with Crippen LogP contribution >= 0.6 is 0 Å². The zero-order valence-corrected chi connectivity index (χ0v) is 31.2. The average molecular weight is 758 g/mol. The molecule has 288 valence electrons. The minimum Gasteiger partial charge on any atom is -0.497 e. The summed E-state index contributed by atoms with van der Waals surface area (Å²) >= 11 is 0. The standard InChI is InChI=1S/C36H47N5O11S/c1-6-27-29(38-34(45)46)32(43)41-19-24(52-31-25-12-11-23(49-4)15-21(25)16-28(37-31)50-5)17-26(41)30(42)39-36(18-22(36)10-8-7-9-20(2)51-27)33(44)40-53(47,48)35(3)13-14-35/h8,10-12,15-16,20,22,24,26-27,29,38H,6-7,9,13-14,17-19H2,1-5H3,(H,39,42)(H,40,44)(H,45,46)/t20-,22-,24-,26+,27+,29+,36-/m1/s1. The first kappa shape index (κ1) is 38.1. The fraction of sp³-hybridized carbons (Fsp3) is 0.583. The van der Waals surface area contributed by atoms with Gasteiger partial charge in [-0.3, -0.25) is 19.1 Å². The third kappa shape index (κ3) is 7.72. The Balaban J connectivity index is 1.36. The van der Waals surface area contributed by atoms with Crippen LogP contribution in [0.1, 0.15) is 65.7 Å². The summed E-state index contributed by atoms with van der Waals surface area (Å²) in [5.41, 5.74) is -1.59. The predicted molar refractivity (Wildman–Crippen MR) is 191 cm³/mol. The van der Waals surface area contributed by atoms with Crippen molar-refractivity contribution in [3.8, 4) is 17.5 Å². The molecule has 4 amide bonds. The normalized spacial score (nSPS) is 29.8. The van der Waals surface area contributed by atoms with Gasteiger partial charge in [-0.15, -0.1) is 0 Å². The molecule has 3 heterocycles. The summed E-state index contributed by atoms with van der Waals surface area (Å²) in [6.45, 7) is 5.01. The van der Waals surface area contributed by atoms with E-state index in [-0.39, 0.29) is 43.7 Å². The van der Waals surface area contributed by atoms with Crippen LogP contribution < -0.4 is 29.6 Å². The maximum absolute atomic E-state index is 14.5. The summed E-state index contributed by atoms with van der Waals surface area (Å²) in [5.74, 6) is -1.78. The second kappa shape index (κ2) is 14.6. The average Bonchev–Trinajstić information content (AvgIpc) is 4.00. The Morgan fingerprint density at radius 1 is 1.17 bits per heavy atom. The highest BCUT2D eigenvalue weighted by Crippen LogP contribution is 2.47. The quantitative estimate of drug-likeness (QED) is 0.272. The van der Waals surface area contributed by atoms with Gasteiger partial charge in [-0.25, -0.2) is 13.2 Å². The molecular formula is C36H47N5O11S. The molecule has 0 radical (unpaired) electrons. The van der Waals surface area contributed by atoms with Crippen molar-refractivity contribution >= 4 is 44.6 Å². The molecule has 7 atom stereocenters. The SMILES string of the molecule is CC[C@@H]1O[C@H](C)CCC=C[C@@H]2C[C@@]2(C(=O)NS(=O)(=O)C2(C)CC2)NC(=O)[C@@H]2C[C@@H](Oc3nc(OC)cc4cc(OC)ccc34)CN2C(=O)[C@H]1NC(=O)O. The van der Waals surface area contributed by atoms with E-state index >= 15 is 0 Å². The molecule has 2 saturated carbocycles. The van der Waals surface area contributed by atoms with E-state index in [4.69, 9.17) is 18.9 Å². The Morgan fingerprint density at radius 3 is 2.58 bits per heavy atom. The monoisotopic (exact) mass is 757 g/mol. The minimum atomic E-state index is -4.03. The topological polar surface area (TPSA) is 212 Å². The van der Waals surface area contributed by atoms with Crippen molar-refractivity contribution in [3.05, 3.63) is 36.4 Å². The van der Waals surface area contributed by atoms with Gasteiger partial charge in [-0.2, -0.15) is 4.98 Å². The number of hydrogen-bond donors (Lipinski definition) is 4. The second-order valence-electron chi connectivity index (χ2n) is 14.5. The van der Waals surface area contributed by atoms with E-state index in [0.717, 1.165) is 0 Å². The highest BCUT2D eigenvalue weighted by atomic mass is 32.2. The van der Waals surface area contributed by atoms with Gasteiger partial charge in [0.2, 0.25) is 33.6 Å². The van der Waals surface area contributed by atoms with Gasteiger partial charge in [0.25, 0.3) is 5.91 Å². The lowest BCUT2D eigenvalue weighted by molar-refractivity contribution is -0.145. The van der Waals surface area contributed by atoms with Crippen LogP contribution in [-0.2, 0) is 29.1 Å². The number of aromatic nitrogens is 1. The van der Waals surface area contributed by atoms with Crippen LogP contribution in [-0.4, -0.2) is 109 Å². The highest BCUT2D eigenvalue weighted by Gasteiger charge is 2.63. The third-order valence-electron chi connectivity index (χ3n) is 10.7. The maximum atomic E-state index is 14.5. The van der Waals surface area contributed by atoms with Gasteiger partial charge in [-0.1, -0.05) is 19.1 Å². The number of rotatable bonds is 9. The largest absolute Gasteiger partial charge is 0.497 e. The third-order valence-corrected chi connectivity index (χ3v) is 12.9. The number of pyridine rings is 1. The molecule has 0 spiro atoms. The summed E-state index contributed by atoms with van der Waals surface area (Å²) in [7, 11) is -1.03. The molecule has 53 heavy (non-hydrogen) atoms. The van der Waals surface area contributed by atoms with Gasteiger partial charge in [0.15, 0.2) is 0 Å². The van der Waals surface area contributed by atoms with E-state index in [0.29, 0.717) is 42.2 Å². The van der Waals surface area contributed by atoms with E-state index in [1.807, 2.05) is 13.0 Å². The number of carboxylic acid groups (broad SMARTS) is 1. The van der Waals surface area contributed by atoms with Gasteiger partial charge >= 0.3 is 6.09 Å². The summed E-state index contributed by atoms with van der Waals surface area (Å²) in [4.78, 5) is 60.5. The molecule has 0 bridgehead atoms. The van der Waals surface area contributed by atoms with Crippen molar-refractivity contribution in [1.82, 2.24) is 25.2 Å². The summed E-state index contributed by atoms with van der Waals surface area (Å²) in [6, 6.07) is 4.37. The Kier molecular flexibility index (Phi) is 10.5. The van der Waals surface area contributed by atoms with Crippen LogP contribution in [0.5, 0.6) is 17.5 Å². The van der Waals surface area contributed by atoms with Crippen LogP contribution in [0, 0.1) is 5.92 Å². The summed E-state index contributed by atoms with van der Waals surface area (Å²) in [5, 5.41) is 16.3. The Morgan fingerprint density at radius 2 is 1.92 bits per heavy atom. The molecule has 1 aromatic carbocycles. The van der Waals surface area contributed by atoms with E-state index in [2.05, 4.69) is 20.3 Å². The van der Waals surface area contributed by atoms with Crippen molar-refractivity contribution in [2.75, 3.05) is 20.8 Å². The fourth-order valence-electron chi connectivity index (χ4n) is 7.09. The van der Waals surface area contributed by atoms with Crippen molar-refractivity contribution in [2.24, 2.45) is 5.92 Å². The Labute approximate surface area is 308 Å². The molecule has 2 aliphatic carbocycles. The molecule has 1 aromatic heterocycles. The smallest absolute Gasteiger partial charge is 0.405 e. The highest BCUT2D eigenvalue weighted by molar-refractivity contribution is 7.91. The summed E-state index contributed by atoms with van der Waals surface area (Å²) < 4.78 is 50.8. The van der Waals surface area contributed by atoms with E-state index in [9.17, 15) is 32.7 Å². The Hall–Kier alpha value is -4.64. The first-order valence-electron chi connectivity index (χ1n) is 17.8.